The molecule has 1 N–H and O–H groups in total. The van der Waals surface area contributed by atoms with E-state index < -0.39 is 4.92 Å². The molecule has 0 fully saturated rings. The van der Waals surface area contributed by atoms with Crippen molar-refractivity contribution in [1.29, 1.82) is 0 Å². The third-order valence-electron chi connectivity index (χ3n) is 3.35. The molecule has 2 rings (SSSR count). The lowest BCUT2D eigenvalue weighted by atomic mass is 10.2. The number of thioether (sulfide) groups is 1. The first-order valence-electron chi connectivity index (χ1n) is 7.16. The van der Waals surface area contributed by atoms with Gasteiger partial charge < -0.3 is 5.32 Å². The van der Waals surface area contributed by atoms with Gasteiger partial charge in [0.05, 0.1) is 10.2 Å². The molecule has 2 aromatic carbocycles. The fourth-order valence-electron chi connectivity index (χ4n) is 2.09. The van der Waals surface area contributed by atoms with Gasteiger partial charge in [0.15, 0.2) is 0 Å². The zero-order valence-corrected chi connectivity index (χ0v) is 14.0. The summed E-state index contributed by atoms with van der Waals surface area (Å²) >= 11 is 1.49. The van der Waals surface area contributed by atoms with Crippen LogP contribution in [0.25, 0.3) is 0 Å². The number of carbonyl (C=O) groups excluding carboxylic acids is 1. The summed E-state index contributed by atoms with van der Waals surface area (Å²) in [5.74, 6) is -0.135. The monoisotopic (exact) mass is 330 g/mol. The second kappa shape index (κ2) is 7.28. The Balaban J connectivity index is 2.00. The molecular weight excluding hydrogens is 312 g/mol. The Kier molecular flexibility index (Phi) is 5.39. The highest BCUT2D eigenvalue weighted by Crippen LogP contribution is 2.28. The van der Waals surface area contributed by atoms with Crippen molar-refractivity contribution in [2.75, 3.05) is 5.32 Å². The molecule has 0 radical (unpaired) electrons. The van der Waals surface area contributed by atoms with Crippen LogP contribution in [0.1, 0.15) is 18.1 Å². The van der Waals surface area contributed by atoms with Crippen LogP contribution >= 0.6 is 11.8 Å². The van der Waals surface area contributed by atoms with E-state index in [4.69, 9.17) is 0 Å². The number of aryl methyl sites for hydroxylation is 2. The standard InChI is InChI=1S/C17H18N2O3S/c1-11-4-9-16(12(2)10-11)23-13(3)17(20)18-14-5-7-15(8-6-14)19(21)22/h4-10,13H,1-3H3,(H,18,20). The highest BCUT2D eigenvalue weighted by molar-refractivity contribution is 8.00. The second-order valence-electron chi connectivity index (χ2n) is 5.32. The number of nitro benzene ring substituents is 1. The van der Waals surface area contributed by atoms with Crippen molar-refractivity contribution in [3.63, 3.8) is 0 Å². The zero-order chi connectivity index (χ0) is 17.0. The van der Waals surface area contributed by atoms with Crippen molar-refractivity contribution in [3.05, 3.63) is 63.7 Å². The molecule has 0 aromatic heterocycles. The lowest BCUT2D eigenvalue weighted by Gasteiger charge is -2.13. The van der Waals surface area contributed by atoms with Gasteiger partial charge in [-0.1, -0.05) is 17.7 Å². The molecule has 1 atom stereocenters. The van der Waals surface area contributed by atoms with Crippen LogP contribution in [0.3, 0.4) is 0 Å². The Hall–Kier alpha value is -2.34. The molecule has 1 unspecified atom stereocenters. The van der Waals surface area contributed by atoms with Crippen LogP contribution in [-0.2, 0) is 4.79 Å². The number of nitrogens with one attached hydrogen (secondary N) is 1. The minimum Gasteiger partial charge on any atom is -0.325 e. The number of nitrogens with zero attached hydrogens (tertiary/aromatic N) is 1. The number of hydrogen-bond donors (Lipinski definition) is 1. The smallest absolute Gasteiger partial charge is 0.269 e. The first-order chi connectivity index (χ1) is 10.9. The Morgan fingerprint density at radius 1 is 1.17 bits per heavy atom. The Bertz CT molecular complexity index is 729. The fraction of sp³-hybridized carbons (Fsp3) is 0.235. The molecule has 0 aliphatic rings. The molecule has 23 heavy (non-hydrogen) atoms. The number of rotatable bonds is 5. The number of anilines is 1. The average molecular weight is 330 g/mol. The maximum absolute atomic E-state index is 12.2. The second-order valence-corrected chi connectivity index (χ2v) is 6.70. The Labute approximate surface area is 139 Å². The predicted octanol–water partition coefficient (Wildman–Crippen LogP) is 4.33. The minimum absolute atomic E-state index is 0.000651. The van der Waals surface area contributed by atoms with Crippen LogP contribution in [0.5, 0.6) is 0 Å². The summed E-state index contributed by atoms with van der Waals surface area (Å²) in [5, 5.41) is 13.1. The molecular formula is C17H18N2O3S. The normalized spacial score (nSPS) is 11.8. The van der Waals surface area contributed by atoms with Gasteiger partial charge in [-0.05, 0) is 44.5 Å². The van der Waals surface area contributed by atoms with E-state index in [0.29, 0.717) is 5.69 Å². The van der Waals surface area contributed by atoms with E-state index in [1.54, 1.807) is 0 Å². The van der Waals surface area contributed by atoms with Gasteiger partial charge in [0.1, 0.15) is 0 Å². The average Bonchev–Trinajstić information content (AvgIpc) is 2.50. The number of hydrogen-bond acceptors (Lipinski definition) is 4. The van der Waals surface area contributed by atoms with Crippen molar-refractivity contribution >= 4 is 29.0 Å². The summed E-state index contributed by atoms with van der Waals surface area (Å²) in [6.07, 6.45) is 0. The van der Waals surface area contributed by atoms with Crippen LogP contribution in [0.4, 0.5) is 11.4 Å². The molecule has 0 bridgehead atoms. The van der Waals surface area contributed by atoms with Gasteiger partial charge in [-0.2, -0.15) is 0 Å². The van der Waals surface area contributed by atoms with Crippen LogP contribution in [0.15, 0.2) is 47.4 Å². The summed E-state index contributed by atoms with van der Waals surface area (Å²) in [7, 11) is 0. The van der Waals surface area contributed by atoms with E-state index in [2.05, 4.69) is 11.4 Å². The zero-order valence-electron chi connectivity index (χ0n) is 13.2. The summed E-state index contributed by atoms with van der Waals surface area (Å²) in [6, 6.07) is 11.9. The largest absolute Gasteiger partial charge is 0.325 e. The van der Waals surface area contributed by atoms with Crippen LogP contribution in [0.2, 0.25) is 0 Å². The van der Waals surface area contributed by atoms with E-state index in [-0.39, 0.29) is 16.8 Å². The third-order valence-corrected chi connectivity index (χ3v) is 4.63. The van der Waals surface area contributed by atoms with E-state index >= 15 is 0 Å². The molecule has 0 heterocycles. The topological polar surface area (TPSA) is 72.2 Å². The maximum Gasteiger partial charge on any atom is 0.269 e. The van der Waals surface area contributed by atoms with E-state index in [1.165, 1.54) is 41.6 Å². The Morgan fingerprint density at radius 2 is 1.83 bits per heavy atom. The molecule has 0 aliphatic carbocycles. The first-order valence-corrected chi connectivity index (χ1v) is 8.04. The Morgan fingerprint density at radius 3 is 2.39 bits per heavy atom. The number of non-ortho nitro benzene ring substituents is 1. The highest BCUT2D eigenvalue weighted by Gasteiger charge is 2.16. The van der Waals surface area contributed by atoms with Crippen molar-refractivity contribution in [2.24, 2.45) is 0 Å². The van der Waals surface area contributed by atoms with E-state index in [9.17, 15) is 14.9 Å². The SMILES string of the molecule is Cc1ccc(SC(C)C(=O)Nc2ccc([N+](=O)[O-])cc2)c(C)c1. The van der Waals surface area contributed by atoms with Gasteiger partial charge in [-0.3, -0.25) is 14.9 Å². The molecule has 0 saturated carbocycles. The highest BCUT2D eigenvalue weighted by atomic mass is 32.2. The summed E-state index contributed by atoms with van der Waals surface area (Å²) < 4.78 is 0. The third kappa shape index (κ3) is 4.56. The van der Waals surface area contributed by atoms with Gasteiger partial charge in [0.25, 0.3) is 5.69 Å². The van der Waals surface area contributed by atoms with Gasteiger partial charge in [-0.25, -0.2) is 0 Å². The van der Waals surface area contributed by atoms with Gasteiger partial charge >= 0.3 is 0 Å². The number of carbonyl (C=O) groups is 1. The van der Waals surface area contributed by atoms with Gasteiger partial charge in [0, 0.05) is 22.7 Å². The van der Waals surface area contributed by atoms with E-state index in [0.717, 1.165) is 10.5 Å². The molecule has 0 saturated heterocycles. The van der Waals surface area contributed by atoms with E-state index in [1.807, 2.05) is 32.9 Å². The summed E-state index contributed by atoms with van der Waals surface area (Å²) in [6.45, 7) is 5.90. The maximum atomic E-state index is 12.2. The molecule has 1 amide bonds. The lowest BCUT2D eigenvalue weighted by Crippen LogP contribution is -2.22. The predicted molar refractivity (Wildman–Crippen MR) is 93.0 cm³/mol. The fourth-order valence-corrected chi connectivity index (χ4v) is 3.02. The first kappa shape index (κ1) is 17.0. The number of amides is 1. The molecule has 120 valence electrons. The van der Waals surface area contributed by atoms with Gasteiger partial charge in [-0.15, -0.1) is 11.8 Å². The van der Waals surface area contributed by atoms with Crippen molar-refractivity contribution < 1.29 is 9.72 Å². The summed E-state index contributed by atoms with van der Waals surface area (Å²) in [4.78, 5) is 23.5. The molecule has 6 heteroatoms. The molecule has 0 spiro atoms. The summed E-state index contributed by atoms with van der Waals surface area (Å²) in [5.41, 5.74) is 2.88. The van der Waals surface area contributed by atoms with Crippen molar-refractivity contribution in [3.8, 4) is 0 Å². The van der Waals surface area contributed by atoms with Crippen LogP contribution in [-0.4, -0.2) is 16.1 Å². The number of nitro groups is 1. The lowest BCUT2D eigenvalue weighted by molar-refractivity contribution is -0.384. The quantitative estimate of drug-likeness (QED) is 0.503. The van der Waals surface area contributed by atoms with Crippen LogP contribution < -0.4 is 5.32 Å². The van der Waals surface area contributed by atoms with Crippen molar-refractivity contribution in [1.82, 2.24) is 0 Å². The van der Waals surface area contributed by atoms with Gasteiger partial charge in [0.2, 0.25) is 5.91 Å². The number of benzene rings is 2. The molecule has 5 nitrogen and oxygen atoms in total. The minimum atomic E-state index is -0.468. The van der Waals surface area contributed by atoms with Crippen molar-refractivity contribution in [2.45, 2.75) is 30.9 Å². The van der Waals surface area contributed by atoms with Crippen LogP contribution in [0, 0.1) is 24.0 Å². The molecule has 0 aliphatic heterocycles. The molecule has 2 aromatic rings.